The Balaban J connectivity index is 2.69. The summed E-state index contributed by atoms with van der Waals surface area (Å²) in [4.78, 5) is 0. The van der Waals surface area contributed by atoms with Crippen LogP contribution in [0.3, 0.4) is 0 Å². The SMILES string of the molecule is NCCCC[C@@]1(O)O[C@H](CO)[C@@H](O)[C@H](O)[C@@H]1O. The lowest BCUT2D eigenvalue weighted by Gasteiger charge is -2.45. The highest BCUT2D eigenvalue weighted by atomic mass is 16.7. The van der Waals surface area contributed by atoms with Crippen LogP contribution in [0.15, 0.2) is 0 Å². The molecule has 102 valence electrons. The van der Waals surface area contributed by atoms with Crippen LogP contribution in [0.5, 0.6) is 0 Å². The predicted molar refractivity (Wildman–Crippen MR) is 57.8 cm³/mol. The molecular weight excluding hydrogens is 230 g/mol. The molecule has 1 saturated heterocycles. The van der Waals surface area contributed by atoms with Crippen molar-refractivity contribution >= 4 is 0 Å². The third-order valence-electron chi connectivity index (χ3n) is 3.04. The molecule has 0 amide bonds. The van der Waals surface area contributed by atoms with Gasteiger partial charge in [0.1, 0.15) is 24.4 Å². The summed E-state index contributed by atoms with van der Waals surface area (Å²) in [6, 6.07) is 0. The normalized spacial score (nSPS) is 42.7. The highest BCUT2D eigenvalue weighted by Gasteiger charge is 2.51. The zero-order chi connectivity index (χ0) is 13.1. The largest absolute Gasteiger partial charge is 0.394 e. The van der Waals surface area contributed by atoms with Crippen LogP contribution in [0.1, 0.15) is 19.3 Å². The van der Waals surface area contributed by atoms with Crippen molar-refractivity contribution in [3.63, 3.8) is 0 Å². The summed E-state index contributed by atoms with van der Waals surface area (Å²) in [5, 5.41) is 47.8. The maximum Gasteiger partial charge on any atom is 0.195 e. The molecule has 1 fully saturated rings. The van der Waals surface area contributed by atoms with Gasteiger partial charge in [-0.15, -0.1) is 0 Å². The van der Waals surface area contributed by atoms with Gasteiger partial charge in [0, 0.05) is 6.42 Å². The molecule has 1 aliphatic rings. The van der Waals surface area contributed by atoms with Crippen molar-refractivity contribution in [2.45, 2.75) is 49.5 Å². The minimum atomic E-state index is -1.96. The van der Waals surface area contributed by atoms with Crippen LogP contribution in [0.2, 0.25) is 0 Å². The number of aliphatic hydroxyl groups excluding tert-OH is 4. The topological polar surface area (TPSA) is 136 Å². The van der Waals surface area contributed by atoms with E-state index in [1.165, 1.54) is 0 Å². The first-order valence-electron chi connectivity index (χ1n) is 5.71. The van der Waals surface area contributed by atoms with Crippen molar-refractivity contribution in [1.82, 2.24) is 0 Å². The summed E-state index contributed by atoms with van der Waals surface area (Å²) in [6.45, 7) is -0.106. The summed E-state index contributed by atoms with van der Waals surface area (Å²) >= 11 is 0. The van der Waals surface area contributed by atoms with Crippen LogP contribution in [0.25, 0.3) is 0 Å². The fourth-order valence-electron chi connectivity index (χ4n) is 1.95. The van der Waals surface area contributed by atoms with Gasteiger partial charge in [-0.1, -0.05) is 0 Å². The fourth-order valence-corrected chi connectivity index (χ4v) is 1.95. The van der Waals surface area contributed by atoms with Gasteiger partial charge >= 0.3 is 0 Å². The van der Waals surface area contributed by atoms with Gasteiger partial charge in [0.25, 0.3) is 0 Å². The Morgan fingerprint density at radius 1 is 1.12 bits per heavy atom. The van der Waals surface area contributed by atoms with E-state index < -0.39 is 36.8 Å². The second-order valence-electron chi connectivity index (χ2n) is 4.36. The van der Waals surface area contributed by atoms with E-state index in [1.54, 1.807) is 0 Å². The molecule has 1 rings (SSSR count). The van der Waals surface area contributed by atoms with E-state index >= 15 is 0 Å². The number of hydrogen-bond acceptors (Lipinski definition) is 7. The van der Waals surface area contributed by atoms with Gasteiger partial charge in [0.15, 0.2) is 5.79 Å². The van der Waals surface area contributed by atoms with E-state index in [0.29, 0.717) is 19.4 Å². The van der Waals surface area contributed by atoms with Crippen LogP contribution in [-0.2, 0) is 4.74 Å². The molecule has 5 atom stereocenters. The van der Waals surface area contributed by atoms with E-state index in [1.807, 2.05) is 0 Å². The minimum Gasteiger partial charge on any atom is -0.394 e. The van der Waals surface area contributed by atoms with Crippen molar-refractivity contribution in [2.75, 3.05) is 13.2 Å². The van der Waals surface area contributed by atoms with E-state index in [4.69, 9.17) is 15.6 Å². The molecule has 0 radical (unpaired) electrons. The van der Waals surface area contributed by atoms with E-state index in [2.05, 4.69) is 0 Å². The molecule has 0 saturated carbocycles. The molecule has 0 unspecified atom stereocenters. The molecule has 7 N–H and O–H groups in total. The predicted octanol–water partition coefficient (Wildman–Crippen LogP) is -2.72. The Hall–Kier alpha value is -0.280. The molecule has 0 spiro atoms. The van der Waals surface area contributed by atoms with Gasteiger partial charge in [-0.3, -0.25) is 0 Å². The zero-order valence-corrected chi connectivity index (χ0v) is 9.57. The van der Waals surface area contributed by atoms with Crippen molar-refractivity contribution in [2.24, 2.45) is 5.73 Å². The number of rotatable bonds is 5. The van der Waals surface area contributed by atoms with Crippen LogP contribution in [0, 0.1) is 0 Å². The van der Waals surface area contributed by atoms with E-state index in [0.717, 1.165) is 0 Å². The lowest BCUT2D eigenvalue weighted by Crippen LogP contribution is -2.65. The van der Waals surface area contributed by atoms with Crippen molar-refractivity contribution in [3.05, 3.63) is 0 Å². The first kappa shape index (κ1) is 14.8. The molecule has 0 bridgehead atoms. The lowest BCUT2D eigenvalue weighted by molar-refractivity contribution is -0.351. The molecular formula is C10H21NO6. The summed E-state index contributed by atoms with van der Waals surface area (Å²) < 4.78 is 5.07. The van der Waals surface area contributed by atoms with Crippen LogP contribution >= 0.6 is 0 Å². The highest BCUT2D eigenvalue weighted by molar-refractivity contribution is 4.95. The molecule has 7 heteroatoms. The molecule has 0 aromatic rings. The first-order chi connectivity index (χ1) is 7.96. The standard InChI is InChI=1S/C10H21NO6/c11-4-2-1-3-10(16)9(15)8(14)7(13)6(5-12)17-10/h6-9,12-16H,1-5,11H2/t6-,7-,8+,9+,10-/m1/s1. The molecule has 7 nitrogen and oxygen atoms in total. The Bertz CT molecular complexity index is 239. The zero-order valence-electron chi connectivity index (χ0n) is 9.57. The molecule has 0 aromatic heterocycles. The van der Waals surface area contributed by atoms with Gasteiger partial charge in [-0.25, -0.2) is 0 Å². The molecule has 1 aliphatic heterocycles. The average Bonchev–Trinajstić information content (AvgIpc) is 2.32. The number of ether oxygens (including phenoxy) is 1. The van der Waals surface area contributed by atoms with E-state index in [9.17, 15) is 20.4 Å². The number of unbranched alkanes of at least 4 members (excludes halogenated alkanes) is 1. The van der Waals surface area contributed by atoms with Crippen LogP contribution < -0.4 is 5.73 Å². The highest BCUT2D eigenvalue weighted by Crippen LogP contribution is 2.31. The van der Waals surface area contributed by atoms with Gasteiger partial charge in [-0.05, 0) is 19.4 Å². The molecule has 0 aromatic carbocycles. The molecule has 1 heterocycles. The third-order valence-corrected chi connectivity index (χ3v) is 3.04. The lowest BCUT2D eigenvalue weighted by atomic mass is 9.89. The summed E-state index contributed by atoms with van der Waals surface area (Å²) in [5.74, 6) is -1.96. The quantitative estimate of drug-likeness (QED) is 0.292. The second kappa shape index (κ2) is 6.05. The smallest absolute Gasteiger partial charge is 0.195 e. The fraction of sp³-hybridized carbons (Fsp3) is 1.00. The van der Waals surface area contributed by atoms with Crippen molar-refractivity contribution in [3.8, 4) is 0 Å². The van der Waals surface area contributed by atoms with Crippen molar-refractivity contribution < 1.29 is 30.3 Å². The van der Waals surface area contributed by atoms with Gasteiger partial charge in [0.05, 0.1) is 6.61 Å². The molecule has 0 aliphatic carbocycles. The number of hydrogen-bond donors (Lipinski definition) is 6. The van der Waals surface area contributed by atoms with Crippen molar-refractivity contribution in [1.29, 1.82) is 0 Å². The Labute approximate surface area is 99.4 Å². The molecule has 17 heavy (non-hydrogen) atoms. The maximum atomic E-state index is 10.1. The van der Waals surface area contributed by atoms with E-state index in [-0.39, 0.29) is 6.42 Å². The van der Waals surface area contributed by atoms with Crippen LogP contribution in [0.4, 0.5) is 0 Å². The number of aliphatic hydroxyl groups is 5. The van der Waals surface area contributed by atoms with Gasteiger partial charge in [-0.2, -0.15) is 0 Å². The monoisotopic (exact) mass is 251 g/mol. The Morgan fingerprint density at radius 2 is 1.76 bits per heavy atom. The second-order valence-corrected chi connectivity index (χ2v) is 4.36. The van der Waals surface area contributed by atoms with Gasteiger partial charge in [0.2, 0.25) is 0 Å². The minimum absolute atomic E-state index is 0.0750. The Kier molecular flexibility index (Phi) is 5.26. The van der Waals surface area contributed by atoms with Crippen LogP contribution in [-0.4, -0.2) is 68.9 Å². The summed E-state index contributed by atoms with van der Waals surface area (Å²) in [7, 11) is 0. The van der Waals surface area contributed by atoms with Gasteiger partial charge < -0.3 is 36.0 Å². The average molecular weight is 251 g/mol. The summed E-state index contributed by atoms with van der Waals surface area (Å²) in [5.41, 5.74) is 5.31. The maximum absolute atomic E-state index is 10.1. The summed E-state index contributed by atoms with van der Waals surface area (Å²) in [6.07, 6.45) is -4.49. The Morgan fingerprint density at radius 3 is 2.29 bits per heavy atom. The third kappa shape index (κ3) is 3.14. The number of nitrogens with two attached hydrogens (primary N) is 1. The first-order valence-corrected chi connectivity index (χ1v) is 5.71.